The Morgan fingerprint density at radius 1 is 1.04 bits per heavy atom. The molecule has 0 saturated heterocycles. The van der Waals surface area contributed by atoms with E-state index in [4.69, 9.17) is 0 Å². The molecule has 0 fully saturated rings. The fraction of sp³-hybridized carbons (Fsp3) is 0.190. The molecule has 2 amide bonds. The number of rotatable bonds is 5. The number of amides is 2. The normalized spacial score (nSPS) is 10.6. The zero-order chi connectivity index (χ0) is 19.4. The van der Waals surface area contributed by atoms with Gasteiger partial charge < -0.3 is 10.6 Å². The average Bonchev–Trinajstić information content (AvgIpc) is 2.69. The highest BCUT2D eigenvalue weighted by Gasteiger charge is 2.15. The van der Waals surface area contributed by atoms with Crippen LogP contribution in [0.15, 0.2) is 59.4 Å². The van der Waals surface area contributed by atoms with Crippen LogP contribution in [0.5, 0.6) is 0 Å². The van der Waals surface area contributed by atoms with Crippen LogP contribution in [0.2, 0.25) is 0 Å². The van der Waals surface area contributed by atoms with Crippen molar-refractivity contribution in [2.45, 2.75) is 19.9 Å². The number of hydrogen-bond acceptors (Lipinski definition) is 3. The summed E-state index contributed by atoms with van der Waals surface area (Å²) in [4.78, 5) is 37.1. The molecule has 0 unspecified atom stereocenters. The number of hydrogen-bond donors (Lipinski definition) is 2. The molecule has 0 aliphatic carbocycles. The third-order valence-electron chi connectivity index (χ3n) is 4.44. The van der Waals surface area contributed by atoms with Gasteiger partial charge in [-0.2, -0.15) is 0 Å². The lowest BCUT2D eigenvalue weighted by atomic mass is 10.1. The second-order valence-electron chi connectivity index (χ2n) is 6.18. The van der Waals surface area contributed by atoms with Gasteiger partial charge in [0.1, 0.15) is 6.54 Å². The zero-order valence-corrected chi connectivity index (χ0v) is 15.3. The molecular weight excluding hydrogens is 342 g/mol. The maximum atomic E-state index is 12.5. The first-order valence-corrected chi connectivity index (χ1v) is 8.77. The molecule has 3 rings (SSSR count). The molecule has 0 aliphatic heterocycles. The van der Waals surface area contributed by atoms with E-state index in [1.165, 1.54) is 23.2 Å². The molecule has 2 N–H and O–H groups in total. The summed E-state index contributed by atoms with van der Waals surface area (Å²) in [6, 6.07) is 15.9. The lowest BCUT2D eigenvalue weighted by Crippen LogP contribution is -2.30. The summed E-state index contributed by atoms with van der Waals surface area (Å²) < 4.78 is 1.37. The van der Waals surface area contributed by atoms with Gasteiger partial charge in [0.25, 0.3) is 11.5 Å². The predicted octanol–water partition coefficient (Wildman–Crippen LogP) is 2.56. The van der Waals surface area contributed by atoms with Gasteiger partial charge in [-0.25, -0.2) is 0 Å². The molecule has 2 aromatic carbocycles. The lowest BCUT2D eigenvalue weighted by Gasteiger charge is -2.13. The Bertz CT molecular complexity index is 1050. The molecule has 1 heterocycles. The lowest BCUT2D eigenvalue weighted by molar-refractivity contribution is -0.116. The monoisotopic (exact) mass is 363 g/mol. The quantitative estimate of drug-likeness (QED) is 0.731. The Morgan fingerprint density at radius 3 is 2.41 bits per heavy atom. The topological polar surface area (TPSA) is 80.2 Å². The van der Waals surface area contributed by atoms with Crippen molar-refractivity contribution in [3.8, 4) is 0 Å². The van der Waals surface area contributed by atoms with Crippen LogP contribution >= 0.6 is 0 Å². The van der Waals surface area contributed by atoms with Crippen molar-refractivity contribution in [3.63, 3.8) is 0 Å². The van der Waals surface area contributed by atoms with Gasteiger partial charge >= 0.3 is 0 Å². The standard InChI is InChI=1S/C21H21N3O3/c1-3-14-8-10-15(11-9-14)23-19(25)13-24-18-7-5-4-6-16(18)17(12-20(24)26)21(27)22-2/h4-12H,3,13H2,1-2H3,(H,22,27)(H,23,25). The van der Waals surface area contributed by atoms with Gasteiger partial charge in [-0.05, 0) is 30.2 Å². The number of benzene rings is 2. The Labute approximate surface area is 156 Å². The molecule has 0 atom stereocenters. The molecule has 0 aliphatic rings. The van der Waals surface area contributed by atoms with E-state index in [0.717, 1.165) is 6.42 Å². The Balaban J connectivity index is 1.92. The Kier molecular flexibility index (Phi) is 5.35. The molecule has 0 spiro atoms. The van der Waals surface area contributed by atoms with Crippen molar-refractivity contribution in [3.05, 3.63) is 76.1 Å². The molecule has 6 nitrogen and oxygen atoms in total. The van der Waals surface area contributed by atoms with E-state index in [1.54, 1.807) is 24.3 Å². The first-order valence-electron chi connectivity index (χ1n) is 8.77. The van der Waals surface area contributed by atoms with Crippen LogP contribution in [0.4, 0.5) is 5.69 Å². The summed E-state index contributed by atoms with van der Waals surface area (Å²) in [6.45, 7) is 1.93. The summed E-state index contributed by atoms with van der Waals surface area (Å²) in [6.07, 6.45) is 0.924. The average molecular weight is 363 g/mol. The molecule has 138 valence electrons. The van der Waals surface area contributed by atoms with Gasteiger partial charge in [0.05, 0.1) is 11.1 Å². The summed E-state index contributed by atoms with van der Waals surface area (Å²) in [5, 5.41) is 5.96. The van der Waals surface area contributed by atoms with Crippen molar-refractivity contribution in [2.24, 2.45) is 0 Å². The van der Waals surface area contributed by atoms with Crippen LogP contribution in [0, 0.1) is 0 Å². The molecule has 6 heteroatoms. The largest absolute Gasteiger partial charge is 0.355 e. The van der Waals surface area contributed by atoms with Gasteiger partial charge in [0.15, 0.2) is 0 Å². The summed E-state index contributed by atoms with van der Waals surface area (Å²) in [7, 11) is 1.51. The highest BCUT2D eigenvalue weighted by atomic mass is 16.2. The van der Waals surface area contributed by atoms with Crippen molar-refractivity contribution >= 4 is 28.4 Å². The van der Waals surface area contributed by atoms with Crippen LogP contribution in [-0.4, -0.2) is 23.4 Å². The van der Waals surface area contributed by atoms with Crippen LogP contribution in [0.3, 0.4) is 0 Å². The second kappa shape index (κ2) is 7.86. The molecule has 0 saturated carbocycles. The number of para-hydroxylation sites is 1. The van der Waals surface area contributed by atoms with E-state index < -0.39 is 5.56 Å². The summed E-state index contributed by atoms with van der Waals surface area (Å²) >= 11 is 0. The number of nitrogens with one attached hydrogen (secondary N) is 2. The molecule has 3 aromatic rings. The fourth-order valence-corrected chi connectivity index (χ4v) is 2.99. The molecular formula is C21H21N3O3. The van der Waals surface area contributed by atoms with Crippen LogP contribution in [0.1, 0.15) is 22.8 Å². The smallest absolute Gasteiger partial charge is 0.252 e. The number of pyridine rings is 1. The van der Waals surface area contributed by atoms with Crippen LogP contribution in [0.25, 0.3) is 10.9 Å². The second-order valence-corrected chi connectivity index (χ2v) is 6.18. The van der Waals surface area contributed by atoms with Crippen molar-refractivity contribution in [2.75, 3.05) is 12.4 Å². The minimum Gasteiger partial charge on any atom is -0.355 e. The van der Waals surface area contributed by atoms with E-state index in [9.17, 15) is 14.4 Å². The Hall–Kier alpha value is -3.41. The van der Waals surface area contributed by atoms with E-state index in [-0.39, 0.29) is 18.4 Å². The van der Waals surface area contributed by atoms with Crippen molar-refractivity contribution in [1.29, 1.82) is 0 Å². The number of nitrogens with zero attached hydrogens (tertiary/aromatic N) is 1. The third kappa shape index (κ3) is 3.89. The maximum absolute atomic E-state index is 12.5. The van der Waals surface area contributed by atoms with Crippen molar-refractivity contribution < 1.29 is 9.59 Å². The van der Waals surface area contributed by atoms with Crippen LogP contribution < -0.4 is 16.2 Å². The van der Waals surface area contributed by atoms with Crippen molar-refractivity contribution in [1.82, 2.24) is 9.88 Å². The minimum atomic E-state index is -0.399. The maximum Gasteiger partial charge on any atom is 0.252 e. The van der Waals surface area contributed by atoms with E-state index in [2.05, 4.69) is 17.6 Å². The third-order valence-corrected chi connectivity index (χ3v) is 4.44. The van der Waals surface area contributed by atoms with Gasteiger partial charge in [-0.1, -0.05) is 37.3 Å². The predicted molar refractivity (Wildman–Crippen MR) is 106 cm³/mol. The first-order chi connectivity index (χ1) is 13.0. The fourth-order valence-electron chi connectivity index (χ4n) is 2.99. The summed E-state index contributed by atoms with van der Waals surface area (Å²) in [5.74, 6) is -0.643. The molecule has 0 bridgehead atoms. The number of aryl methyl sites for hydroxylation is 1. The van der Waals surface area contributed by atoms with Gasteiger partial charge in [0.2, 0.25) is 5.91 Å². The van der Waals surface area contributed by atoms with Gasteiger partial charge in [-0.3, -0.25) is 19.0 Å². The number of anilines is 1. The number of carbonyl (C=O) groups is 2. The molecule has 27 heavy (non-hydrogen) atoms. The number of aromatic nitrogens is 1. The van der Waals surface area contributed by atoms with Crippen LogP contribution in [-0.2, 0) is 17.8 Å². The van der Waals surface area contributed by atoms with Gasteiger partial charge in [-0.15, -0.1) is 0 Å². The molecule has 0 radical (unpaired) electrons. The Morgan fingerprint density at radius 2 is 1.74 bits per heavy atom. The number of fused-ring (bicyclic) bond motifs is 1. The SMILES string of the molecule is CCc1ccc(NC(=O)Cn2c(=O)cc(C(=O)NC)c3ccccc32)cc1. The summed E-state index contributed by atoms with van der Waals surface area (Å²) in [5.41, 5.74) is 2.30. The highest BCUT2D eigenvalue weighted by molar-refractivity contribution is 6.06. The number of carbonyl (C=O) groups excluding carboxylic acids is 2. The minimum absolute atomic E-state index is 0.136. The zero-order valence-electron chi connectivity index (χ0n) is 15.3. The van der Waals surface area contributed by atoms with Gasteiger partial charge in [0, 0.05) is 24.2 Å². The highest BCUT2D eigenvalue weighted by Crippen LogP contribution is 2.17. The van der Waals surface area contributed by atoms with E-state index in [0.29, 0.717) is 22.2 Å². The first kappa shape index (κ1) is 18.4. The van der Waals surface area contributed by atoms with E-state index in [1.807, 2.05) is 24.3 Å². The molecule has 1 aromatic heterocycles. The van der Waals surface area contributed by atoms with E-state index >= 15 is 0 Å².